The molecule has 0 atom stereocenters. The molecule has 0 saturated carbocycles. The van der Waals surface area contributed by atoms with Gasteiger partial charge in [0.2, 0.25) is 0 Å². The highest BCUT2D eigenvalue weighted by molar-refractivity contribution is 5.63. The van der Waals surface area contributed by atoms with Crippen molar-refractivity contribution in [1.29, 1.82) is 0 Å². The second kappa shape index (κ2) is 7.21. The van der Waals surface area contributed by atoms with Crippen molar-refractivity contribution >= 4 is 0 Å². The van der Waals surface area contributed by atoms with Gasteiger partial charge < -0.3 is 9.30 Å². The quantitative estimate of drug-likeness (QED) is 0.618. The van der Waals surface area contributed by atoms with E-state index in [2.05, 4.69) is 5.92 Å². The van der Waals surface area contributed by atoms with E-state index in [9.17, 15) is 22.4 Å². The van der Waals surface area contributed by atoms with Crippen LogP contribution in [0, 0.1) is 30.9 Å². The second-order valence-corrected chi connectivity index (χ2v) is 4.96. The van der Waals surface area contributed by atoms with E-state index in [-0.39, 0.29) is 23.6 Å². The van der Waals surface area contributed by atoms with Crippen LogP contribution in [0.1, 0.15) is 5.56 Å². The summed E-state index contributed by atoms with van der Waals surface area (Å²) in [5.41, 5.74) is -1.40. The van der Waals surface area contributed by atoms with Gasteiger partial charge in [-0.15, -0.1) is 6.42 Å². The molecule has 0 unspecified atom stereocenters. The first-order chi connectivity index (χ1) is 11.3. The molecule has 0 aliphatic heterocycles. The van der Waals surface area contributed by atoms with E-state index < -0.39 is 35.7 Å². The van der Waals surface area contributed by atoms with Crippen molar-refractivity contribution in [2.75, 3.05) is 6.61 Å². The summed E-state index contributed by atoms with van der Waals surface area (Å²) in [5, 5.41) is 0. The molecule has 0 spiro atoms. The maximum absolute atomic E-state index is 14.3. The van der Waals surface area contributed by atoms with E-state index in [1.807, 2.05) is 0 Å². The third-order valence-corrected chi connectivity index (χ3v) is 3.28. The van der Waals surface area contributed by atoms with Crippen LogP contribution < -0.4 is 10.3 Å². The number of halogens is 4. The fourth-order valence-electron chi connectivity index (χ4n) is 2.23. The Morgan fingerprint density at radius 3 is 2.42 bits per heavy atom. The Hall–Kier alpha value is -2.75. The minimum atomic E-state index is -2.85. The third kappa shape index (κ3) is 3.59. The minimum absolute atomic E-state index is 0.137. The van der Waals surface area contributed by atoms with Crippen LogP contribution >= 0.6 is 0 Å². The van der Waals surface area contributed by atoms with Crippen LogP contribution in [0.15, 0.2) is 29.1 Å². The predicted molar refractivity (Wildman–Crippen MR) is 81.1 cm³/mol. The average Bonchev–Trinajstić information content (AvgIpc) is 2.51. The number of nitrogens with zero attached hydrogens (tertiary/aromatic N) is 1. The van der Waals surface area contributed by atoms with E-state index in [0.29, 0.717) is 4.57 Å². The minimum Gasteiger partial charge on any atom is -0.481 e. The maximum Gasteiger partial charge on any atom is 0.256 e. The molecule has 0 N–H and O–H groups in total. The summed E-state index contributed by atoms with van der Waals surface area (Å²) in [5.74, 6) is -0.0833. The van der Waals surface area contributed by atoms with Crippen molar-refractivity contribution in [3.63, 3.8) is 0 Å². The van der Waals surface area contributed by atoms with E-state index in [1.165, 1.54) is 19.1 Å². The largest absolute Gasteiger partial charge is 0.481 e. The molecule has 3 nitrogen and oxygen atoms in total. The smallest absolute Gasteiger partial charge is 0.256 e. The highest BCUT2D eigenvalue weighted by atomic mass is 19.3. The van der Waals surface area contributed by atoms with Crippen LogP contribution in [-0.4, -0.2) is 17.6 Å². The van der Waals surface area contributed by atoms with Crippen molar-refractivity contribution in [3.05, 3.63) is 51.8 Å². The zero-order valence-electron chi connectivity index (χ0n) is 12.7. The van der Waals surface area contributed by atoms with Gasteiger partial charge in [0.15, 0.2) is 0 Å². The lowest BCUT2D eigenvalue weighted by Crippen LogP contribution is -2.26. The van der Waals surface area contributed by atoms with Crippen LogP contribution in [0.25, 0.3) is 11.3 Å². The van der Waals surface area contributed by atoms with Crippen molar-refractivity contribution in [1.82, 2.24) is 4.57 Å². The van der Waals surface area contributed by atoms with Gasteiger partial charge in [-0.1, -0.05) is 12.0 Å². The van der Waals surface area contributed by atoms with Crippen LogP contribution in [-0.2, 0) is 6.54 Å². The Bertz CT molecular complexity index is 830. The molecule has 126 valence electrons. The Balaban J connectivity index is 2.62. The fourth-order valence-corrected chi connectivity index (χ4v) is 2.23. The summed E-state index contributed by atoms with van der Waals surface area (Å²) < 4.78 is 59.7. The van der Waals surface area contributed by atoms with Crippen LogP contribution in [0.5, 0.6) is 5.75 Å². The number of terminal acetylenes is 1. The van der Waals surface area contributed by atoms with Gasteiger partial charge in [0.1, 0.15) is 24.0 Å². The van der Waals surface area contributed by atoms with Gasteiger partial charge in [-0.2, -0.15) is 0 Å². The number of hydrogen-bond acceptors (Lipinski definition) is 2. The number of pyridine rings is 1. The molecule has 0 aliphatic carbocycles. The van der Waals surface area contributed by atoms with E-state index in [4.69, 9.17) is 11.2 Å². The van der Waals surface area contributed by atoms with Gasteiger partial charge in [0, 0.05) is 17.7 Å². The van der Waals surface area contributed by atoms with Crippen molar-refractivity contribution in [2.24, 2.45) is 0 Å². The number of alkyl halides is 2. The van der Waals surface area contributed by atoms with Crippen LogP contribution in [0.2, 0.25) is 0 Å². The molecule has 24 heavy (non-hydrogen) atoms. The first-order valence-electron chi connectivity index (χ1n) is 6.89. The topological polar surface area (TPSA) is 31.2 Å². The molecule has 1 aromatic carbocycles. The summed E-state index contributed by atoms with van der Waals surface area (Å²) in [6.07, 6.45) is 2.14. The first-order valence-corrected chi connectivity index (χ1v) is 6.89. The molecule has 2 rings (SSSR count). The Kier molecular flexibility index (Phi) is 5.29. The molecule has 7 heteroatoms. The zero-order valence-corrected chi connectivity index (χ0v) is 12.7. The Labute approximate surface area is 135 Å². The second-order valence-electron chi connectivity index (χ2n) is 4.96. The normalized spacial score (nSPS) is 10.7. The summed E-state index contributed by atoms with van der Waals surface area (Å²) in [6, 6.07) is 4.31. The molecule has 0 amide bonds. The van der Waals surface area contributed by atoms with E-state index in [0.717, 1.165) is 12.1 Å². The zero-order chi connectivity index (χ0) is 17.9. The van der Waals surface area contributed by atoms with Gasteiger partial charge in [0.05, 0.1) is 17.8 Å². The Morgan fingerprint density at radius 2 is 1.88 bits per heavy atom. The van der Waals surface area contributed by atoms with Crippen molar-refractivity contribution < 1.29 is 22.3 Å². The SMILES string of the molecule is C#CCOc1cc(F)c(-c2ccc(C)c(=O)n2CC(F)F)c(F)c1. The van der Waals surface area contributed by atoms with Gasteiger partial charge >= 0.3 is 0 Å². The molecular formula is C17H13F4NO2. The highest BCUT2D eigenvalue weighted by Crippen LogP contribution is 2.29. The number of hydrogen-bond donors (Lipinski definition) is 0. The highest BCUT2D eigenvalue weighted by Gasteiger charge is 2.20. The van der Waals surface area contributed by atoms with Crippen molar-refractivity contribution in [3.8, 4) is 29.4 Å². The molecule has 0 radical (unpaired) electrons. The van der Waals surface area contributed by atoms with Crippen LogP contribution in [0.3, 0.4) is 0 Å². The summed E-state index contributed by atoms with van der Waals surface area (Å²) in [6.45, 7) is 0.278. The Morgan fingerprint density at radius 1 is 1.25 bits per heavy atom. The summed E-state index contributed by atoms with van der Waals surface area (Å²) >= 11 is 0. The molecule has 0 fully saturated rings. The molecule has 0 saturated heterocycles. The molecular weight excluding hydrogens is 326 g/mol. The lowest BCUT2D eigenvalue weighted by atomic mass is 10.1. The standard InChI is InChI=1S/C17H13F4NO2/c1-3-6-24-11-7-12(18)16(13(19)8-11)14-5-4-10(2)17(23)22(14)9-15(20)21/h1,4-5,7-8,15H,6,9H2,2H3. The van der Waals surface area contributed by atoms with Gasteiger partial charge in [0.25, 0.3) is 12.0 Å². The molecule has 0 bridgehead atoms. The summed E-state index contributed by atoms with van der Waals surface area (Å²) in [4.78, 5) is 12.1. The fraction of sp³-hybridized carbons (Fsp3) is 0.235. The number of aryl methyl sites for hydroxylation is 1. The lowest BCUT2D eigenvalue weighted by molar-refractivity contribution is 0.125. The van der Waals surface area contributed by atoms with E-state index in [1.54, 1.807) is 0 Å². The van der Waals surface area contributed by atoms with Gasteiger partial charge in [-0.05, 0) is 13.0 Å². The van der Waals surface area contributed by atoms with Gasteiger partial charge in [-0.25, -0.2) is 17.6 Å². The predicted octanol–water partition coefficient (Wildman–Crippen LogP) is 3.38. The van der Waals surface area contributed by atoms with E-state index >= 15 is 0 Å². The molecule has 2 aromatic rings. The van der Waals surface area contributed by atoms with Gasteiger partial charge in [-0.3, -0.25) is 4.79 Å². The third-order valence-electron chi connectivity index (χ3n) is 3.28. The molecule has 0 aliphatic rings. The molecule has 1 heterocycles. The monoisotopic (exact) mass is 339 g/mol. The maximum atomic E-state index is 14.3. The molecule has 1 aromatic heterocycles. The lowest BCUT2D eigenvalue weighted by Gasteiger charge is -2.15. The average molecular weight is 339 g/mol. The number of rotatable bonds is 5. The van der Waals surface area contributed by atoms with Crippen LogP contribution in [0.4, 0.5) is 17.6 Å². The number of benzene rings is 1. The number of ether oxygens (including phenoxy) is 1. The summed E-state index contributed by atoms with van der Waals surface area (Å²) in [7, 11) is 0. The van der Waals surface area contributed by atoms with Crippen molar-refractivity contribution in [2.45, 2.75) is 19.9 Å². The first kappa shape index (κ1) is 17.6. The number of aromatic nitrogens is 1.